The van der Waals surface area contributed by atoms with Crippen LogP contribution in [-0.2, 0) is 0 Å². The summed E-state index contributed by atoms with van der Waals surface area (Å²) in [5.41, 5.74) is 6.72. The van der Waals surface area contributed by atoms with Crippen molar-refractivity contribution in [1.82, 2.24) is 15.3 Å². The minimum atomic E-state index is -0.312. The van der Waals surface area contributed by atoms with Crippen molar-refractivity contribution in [3.8, 4) is 0 Å². The molecule has 0 saturated heterocycles. The Labute approximate surface area is 101 Å². The van der Waals surface area contributed by atoms with Gasteiger partial charge in [-0.3, -0.25) is 4.79 Å². The van der Waals surface area contributed by atoms with Gasteiger partial charge in [-0.05, 0) is 6.92 Å². The molecule has 90 valence electrons. The average Bonchev–Trinajstić information content (AvgIpc) is 2.67. The Morgan fingerprint density at radius 2 is 2.29 bits per heavy atom. The second-order valence-corrected chi connectivity index (χ2v) is 4.61. The highest BCUT2D eigenvalue weighted by atomic mass is 32.1. The Balaban J connectivity index is 2.35. The molecule has 1 unspecified atom stereocenters. The van der Waals surface area contributed by atoms with Crippen LogP contribution in [0.4, 0.5) is 5.69 Å². The van der Waals surface area contributed by atoms with Crippen molar-refractivity contribution in [1.29, 1.82) is 0 Å². The third-order valence-electron chi connectivity index (χ3n) is 2.22. The number of thiophene rings is 1. The summed E-state index contributed by atoms with van der Waals surface area (Å²) in [4.78, 5) is 21.0. The van der Waals surface area contributed by atoms with E-state index >= 15 is 0 Å². The molecule has 0 fully saturated rings. The van der Waals surface area contributed by atoms with Crippen molar-refractivity contribution in [3.05, 3.63) is 17.3 Å². The number of nitrogen functional groups attached to an aromatic ring is 1. The fourth-order valence-electron chi connectivity index (χ4n) is 1.35. The molecule has 0 aromatic carbocycles. The van der Waals surface area contributed by atoms with Crippen LogP contribution in [0.2, 0.25) is 0 Å². The molecular weight excluding hydrogens is 240 g/mol. The summed E-state index contributed by atoms with van der Waals surface area (Å²) in [5.74, 6) is -0.311. The number of nitrogens with zero attached hydrogens (tertiary/aromatic N) is 2. The molecule has 0 spiro atoms. The lowest BCUT2D eigenvalue weighted by Crippen LogP contribution is -2.34. The van der Waals surface area contributed by atoms with Crippen molar-refractivity contribution < 1.29 is 9.90 Å². The van der Waals surface area contributed by atoms with E-state index < -0.39 is 0 Å². The number of fused-ring (bicyclic) bond motifs is 1. The van der Waals surface area contributed by atoms with E-state index in [4.69, 9.17) is 10.8 Å². The maximum atomic E-state index is 11.9. The monoisotopic (exact) mass is 252 g/mol. The molecule has 2 aromatic heterocycles. The van der Waals surface area contributed by atoms with E-state index in [0.717, 1.165) is 0 Å². The number of amides is 1. The highest BCUT2D eigenvalue weighted by Crippen LogP contribution is 2.30. The number of hydrogen-bond acceptors (Lipinski definition) is 6. The third-order valence-corrected chi connectivity index (χ3v) is 3.32. The van der Waals surface area contributed by atoms with Crippen LogP contribution in [-0.4, -0.2) is 33.6 Å². The molecule has 2 rings (SSSR count). The molecule has 0 aliphatic heterocycles. The Morgan fingerprint density at radius 3 is 2.94 bits per heavy atom. The van der Waals surface area contributed by atoms with E-state index in [2.05, 4.69) is 15.3 Å². The summed E-state index contributed by atoms with van der Waals surface area (Å²) < 4.78 is 0. The van der Waals surface area contributed by atoms with Crippen LogP contribution in [0.5, 0.6) is 0 Å². The van der Waals surface area contributed by atoms with Crippen molar-refractivity contribution in [2.45, 2.75) is 13.0 Å². The summed E-state index contributed by atoms with van der Waals surface area (Å²) in [6.45, 7) is 1.59. The summed E-state index contributed by atoms with van der Waals surface area (Å²) in [7, 11) is 0. The number of anilines is 1. The van der Waals surface area contributed by atoms with Crippen LogP contribution in [0.25, 0.3) is 10.3 Å². The average molecular weight is 252 g/mol. The maximum absolute atomic E-state index is 11.9. The zero-order valence-corrected chi connectivity index (χ0v) is 9.99. The van der Waals surface area contributed by atoms with Gasteiger partial charge in [0.1, 0.15) is 15.2 Å². The van der Waals surface area contributed by atoms with Crippen LogP contribution in [0, 0.1) is 0 Å². The van der Waals surface area contributed by atoms with Crippen LogP contribution >= 0.6 is 11.3 Å². The highest BCUT2D eigenvalue weighted by Gasteiger charge is 2.18. The number of rotatable bonds is 3. The van der Waals surface area contributed by atoms with Crippen LogP contribution in [0.3, 0.4) is 0 Å². The van der Waals surface area contributed by atoms with Crippen LogP contribution in [0.1, 0.15) is 16.6 Å². The number of carbonyl (C=O) groups is 1. The lowest BCUT2D eigenvalue weighted by atomic mass is 10.3. The van der Waals surface area contributed by atoms with E-state index in [-0.39, 0.29) is 18.6 Å². The molecule has 0 aliphatic rings. The molecule has 17 heavy (non-hydrogen) atoms. The normalized spacial score (nSPS) is 12.6. The first-order valence-electron chi connectivity index (χ1n) is 5.04. The van der Waals surface area contributed by atoms with Gasteiger partial charge >= 0.3 is 0 Å². The lowest BCUT2D eigenvalue weighted by molar-refractivity contribution is 0.0927. The van der Waals surface area contributed by atoms with Gasteiger partial charge in [0.25, 0.3) is 5.91 Å². The van der Waals surface area contributed by atoms with Crippen molar-refractivity contribution in [2.75, 3.05) is 12.3 Å². The van der Waals surface area contributed by atoms with Crippen molar-refractivity contribution in [3.63, 3.8) is 0 Å². The van der Waals surface area contributed by atoms with Crippen molar-refractivity contribution in [2.24, 2.45) is 0 Å². The van der Waals surface area contributed by atoms with Gasteiger partial charge in [0.15, 0.2) is 0 Å². The molecule has 0 radical (unpaired) electrons. The maximum Gasteiger partial charge on any atom is 0.263 e. The van der Waals surface area contributed by atoms with Crippen LogP contribution in [0.15, 0.2) is 12.4 Å². The minimum Gasteiger partial charge on any atom is -0.396 e. The minimum absolute atomic E-state index is 0.118. The molecular formula is C10H12N4O2S. The Morgan fingerprint density at radius 1 is 1.59 bits per heavy atom. The number of nitrogens with one attached hydrogen (secondary N) is 1. The number of aliphatic hydroxyl groups is 1. The molecule has 1 amide bonds. The summed E-state index contributed by atoms with van der Waals surface area (Å²) >= 11 is 1.19. The molecule has 0 saturated carbocycles. The van der Waals surface area contributed by atoms with Gasteiger partial charge in [-0.1, -0.05) is 0 Å². The van der Waals surface area contributed by atoms with Crippen molar-refractivity contribution >= 4 is 33.3 Å². The highest BCUT2D eigenvalue weighted by molar-refractivity contribution is 7.21. The molecule has 2 heterocycles. The molecule has 6 nitrogen and oxygen atoms in total. The van der Waals surface area contributed by atoms with Gasteiger partial charge in [-0.2, -0.15) is 0 Å². The van der Waals surface area contributed by atoms with E-state index in [1.54, 1.807) is 13.1 Å². The number of nitrogens with two attached hydrogens (primary N) is 1. The van der Waals surface area contributed by atoms with E-state index in [0.29, 0.717) is 20.9 Å². The Bertz CT molecular complexity index is 554. The Hall–Kier alpha value is -1.73. The van der Waals surface area contributed by atoms with E-state index in [9.17, 15) is 4.79 Å². The molecule has 7 heteroatoms. The first kappa shape index (κ1) is 11.7. The summed E-state index contributed by atoms with van der Waals surface area (Å²) in [6.07, 6.45) is 3.08. The van der Waals surface area contributed by atoms with E-state index in [1.807, 2.05) is 0 Å². The predicted molar refractivity (Wildman–Crippen MR) is 65.8 cm³/mol. The molecule has 4 N–H and O–H groups in total. The second-order valence-electron chi connectivity index (χ2n) is 3.61. The molecule has 1 atom stereocenters. The quantitative estimate of drug-likeness (QED) is 0.733. The van der Waals surface area contributed by atoms with E-state index in [1.165, 1.54) is 17.5 Å². The summed E-state index contributed by atoms with van der Waals surface area (Å²) in [5, 5.41) is 11.5. The van der Waals surface area contributed by atoms with Gasteiger partial charge in [-0.15, -0.1) is 11.3 Å². The molecule has 2 aromatic rings. The zero-order valence-electron chi connectivity index (χ0n) is 9.17. The first-order chi connectivity index (χ1) is 8.13. The van der Waals surface area contributed by atoms with Crippen LogP contribution < -0.4 is 11.1 Å². The largest absolute Gasteiger partial charge is 0.396 e. The second kappa shape index (κ2) is 4.64. The number of hydrogen-bond donors (Lipinski definition) is 3. The van der Waals surface area contributed by atoms with Gasteiger partial charge in [0.2, 0.25) is 0 Å². The van der Waals surface area contributed by atoms with Gasteiger partial charge in [-0.25, -0.2) is 9.97 Å². The predicted octanol–water partition coefficient (Wildman–Crippen LogP) is 0.384. The smallest absolute Gasteiger partial charge is 0.263 e. The third kappa shape index (κ3) is 2.20. The zero-order chi connectivity index (χ0) is 12.4. The number of aromatic nitrogens is 2. The first-order valence-corrected chi connectivity index (χ1v) is 5.85. The van der Waals surface area contributed by atoms with Gasteiger partial charge in [0.05, 0.1) is 12.3 Å². The fourth-order valence-corrected chi connectivity index (χ4v) is 2.27. The van der Waals surface area contributed by atoms with Gasteiger partial charge in [0, 0.05) is 18.4 Å². The molecule has 0 aliphatic carbocycles. The molecule has 0 bridgehead atoms. The fraction of sp³-hybridized carbons (Fsp3) is 0.300. The number of aliphatic hydroxyl groups excluding tert-OH is 1. The number of carbonyl (C=O) groups excluding carboxylic acids is 1. The topological polar surface area (TPSA) is 101 Å². The Kier molecular flexibility index (Phi) is 3.21. The SMILES string of the molecule is CC(CO)NC(=O)c1sc2nccnc2c1N. The summed E-state index contributed by atoms with van der Waals surface area (Å²) in [6, 6.07) is -0.312. The standard InChI is InChI=1S/C10H12N4O2S/c1-5(4-15)14-9(16)8-6(11)7-10(17-8)13-3-2-12-7/h2-3,5,15H,4,11H2,1H3,(H,14,16). The van der Waals surface area contributed by atoms with Gasteiger partial charge < -0.3 is 16.2 Å². The lowest BCUT2D eigenvalue weighted by Gasteiger charge is -2.09.